The maximum Gasteiger partial charge on any atom is 0.339 e. The summed E-state index contributed by atoms with van der Waals surface area (Å²) in [6, 6.07) is 21.9. The first-order chi connectivity index (χ1) is 16.4. The van der Waals surface area contributed by atoms with Crippen LogP contribution < -0.4 is 5.32 Å². The quantitative estimate of drug-likeness (QED) is 0.218. The predicted molar refractivity (Wildman–Crippen MR) is 137 cm³/mol. The maximum absolute atomic E-state index is 12.8. The predicted octanol–water partition coefficient (Wildman–Crippen LogP) is 6.11. The summed E-state index contributed by atoms with van der Waals surface area (Å²) in [5, 5.41) is 2.84. The lowest BCUT2D eigenvalue weighted by Gasteiger charge is -2.14. The van der Waals surface area contributed by atoms with E-state index < -0.39 is 12.1 Å². The molecule has 34 heavy (non-hydrogen) atoms. The lowest BCUT2D eigenvalue weighted by atomic mass is 10.0. The monoisotopic (exact) mass is 475 g/mol. The van der Waals surface area contributed by atoms with Crippen LogP contribution in [0.3, 0.4) is 0 Å². The minimum atomic E-state index is -0.924. The molecule has 0 aromatic heterocycles. The maximum atomic E-state index is 12.8. The number of benzene rings is 3. The van der Waals surface area contributed by atoms with Gasteiger partial charge in [-0.3, -0.25) is 9.59 Å². The largest absolute Gasteiger partial charge is 0.451 e. The van der Waals surface area contributed by atoms with Crippen molar-refractivity contribution in [1.29, 1.82) is 0 Å². The van der Waals surface area contributed by atoms with E-state index in [9.17, 15) is 14.4 Å². The summed E-state index contributed by atoms with van der Waals surface area (Å²) >= 11 is 1.25. The van der Waals surface area contributed by atoms with Crippen molar-refractivity contribution in [2.24, 2.45) is 0 Å². The van der Waals surface area contributed by atoms with Crippen molar-refractivity contribution in [3.63, 3.8) is 0 Å². The van der Waals surface area contributed by atoms with Gasteiger partial charge in [-0.1, -0.05) is 67.4 Å². The second-order valence-electron chi connectivity index (χ2n) is 8.06. The zero-order valence-corrected chi connectivity index (χ0v) is 20.5. The van der Waals surface area contributed by atoms with E-state index in [0.717, 1.165) is 24.1 Å². The fourth-order valence-electron chi connectivity index (χ4n) is 3.38. The zero-order chi connectivity index (χ0) is 24.5. The molecule has 3 rings (SSSR count). The average Bonchev–Trinajstić information content (AvgIpc) is 2.84. The highest BCUT2D eigenvalue weighted by Gasteiger charge is 2.22. The molecule has 0 fully saturated rings. The Labute approximate surface area is 204 Å². The zero-order valence-electron chi connectivity index (χ0n) is 19.7. The number of thioether (sulfide) groups is 1. The number of aryl methyl sites for hydroxylation is 2. The van der Waals surface area contributed by atoms with Crippen LogP contribution in [0.2, 0.25) is 0 Å². The first kappa shape index (κ1) is 25.2. The number of esters is 1. The van der Waals surface area contributed by atoms with E-state index in [1.165, 1.54) is 17.3 Å². The normalized spacial score (nSPS) is 11.5. The molecule has 176 valence electrons. The van der Waals surface area contributed by atoms with Gasteiger partial charge in [-0.15, -0.1) is 11.8 Å². The highest BCUT2D eigenvalue weighted by atomic mass is 32.2. The molecule has 0 saturated carbocycles. The Morgan fingerprint density at radius 2 is 1.62 bits per heavy atom. The number of hydrogen-bond donors (Lipinski definition) is 1. The Morgan fingerprint density at radius 1 is 0.941 bits per heavy atom. The molecule has 6 heteroatoms. The number of hydrogen-bond acceptors (Lipinski definition) is 5. The molecule has 0 heterocycles. The van der Waals surface area contributed by atoms with Crippen molar-refractivity contribution in [2.45, 2.75) is 44.6 Å². The van der Waals surface area contributed by atoms with Gasteiger partial charge >= 0.3 is 5.97 Å². The molecule has 0 aliphatic carbocycles. The summed E-state index contributed by atoms with van der Waals surface area (Å²) in [6.07, 6.45) is 1.07. The number of carbonyl (C=O) groups is 3. The van der Waals surface area contributed by atoms with E-state index in [1.54, 1.807) is 43.3 Å². The number of ether oxygens (including phenoxy) is 1. The molecule has 0 spiro atoms. The van der Waals surface area contributed by atoms with Crippen LogP contribution in [0.1, 0.15) is 52.1 Å². The van der Waals surface area contributed by atoms with Crippen molar-refractivity contribution in [3.8, 4) is 0 Å². The molecule has 1 atom stereocenters. The molecule has 3 aromatic carbocycles. The fraction of sp³-hybridized carbons (Fsp3) is 0.250. The lowest BCUT2D eigenvalue weighted by molar-refractivity contribution is -0.113. The summed E-state index contributed by atoms with van der Waals surface area (Å²) in [6.45, 7) is 5.66. The van der Waals surface area contributed by atoms with Crippen LogP contribution in [0.5, 0.6) is 0 Å². The Balaban J connectivity index is 1.60. The molecule has 0 bridgehead atoms. The van der Waals surface area contributed by atoms with E-state index in [1.807, 2.05) is 43.3 Å². The second kappa shape index (κ2) is 12.2. The van der Waals surface area contributed by atoms with Crippen molar-refractivity contribution in [3.05, 3.63) is 95.1 Å². The fourth-order valence-corrected chi connectivity index (χ4v) is 4.22. The molecule has 1 N–H and O–H groups in total. The third kappa shape index (κ3) is 7.06. The summed E-state index contributed by atoms with van der Waals surface area (Å²) < 4.78 is 5.48. The first-order valence-electron chi connectivity index (χ1n) is 11.3. The molecular formula is C28H29NO4S. The van der Waals surface area contributed by atoms with Gasteiger partial charge in [-0.25, -0.2) is 4.79 Å². The van der Waals surface area contributed by atoms with E-state index >= 15 is 0 Å². The first-order valence-corrected chi connectivity index (χ1v) is 12.3. The van der Waals surface area contributed by atoms with Gasteiger partial charge in [0, 0.05) is 16.1 Å². The molecule has 0 aliphatic rings. The van der Waals surface area contributed by atoms with E-state index in [0.29, 0.717) is 16.0 Å². The Morgan fingerprint density at radius 3 is 2.29 bits per heavy atom. The summed E-state index contributed by atoms with van der Waals surface area (Å²) in [5.74, 6) is -0.881. The number of nitrogens with one attached hydrogen (secondary N) is 1. The number of Topliss-reactive ketones (excluding diaryl/α,β-unsaturated/α-hetero) is 1. The Hall–Kier alpha value is -3.38. The third-order valence-corrected chi connectivity index (χ3v) is 6.30. The molecule has 0 aliphatic heterocycles. The van der Waals surface area contributed by atoms with E-state index in [-0.39, 0.29) is 17.4 Å². The highest BCUT2D eigenvalue weighted by Crippen LogP contribution is 2.24. The van der Waals surface area contributed by atoms with Crippen LogP contribution in [0, 0.1) is 6.92 Å². The molecule has 5 nitrogen and oxygen atoms in total. The van der Waals surface area contributed by atoms with Gasteiger partial charge in [0.25, 0.3) is 0 Å². The van der Waals surface area contributed by atoms with Gasteiger partial charge < -0.3 is 10.1 Å². The number of anilines is 1. The molecule has 0 radical (unpaired) electrons. The van der Waals surface area contributed by atoms with Gasteiger partial charge in [-0.2, -0.15) is 0 Å². The third-order valence-electron chi connectivity index (χ3n) is 5.23. The molecule has 0 unspecified atom stereocenters. The summed E-state index contributed by atoms with van der Waals surface area (Å²) in [4.78, 5) is 38.5. The minimum Gasteiger partial charge on any atom is -0.451 e. The molecular weight excluding hydrogens is 446 g/mol. The summed E-state index contributed by atoms with van der Waals surface area (Å²) in [7, 11) is 0. The average molecular weight is 476 g/mol. The van der Waals surface area contributed by atoms with Crippen LogP contribution in [0.25, 0.3) is 0 Å². The molecule has 1 amide bonds. The second-order valence-corrected chi connectivity index (χ2v) is 9.07. The standard InChI is InChI=1S/C28H29NO4S/c1-4-7-21-12-14-22(15-13-21)27(31)20(3)33-28(32)24-8-5-6-9-25(24)34-18-26(30)29-23-16-10-19(2)11-17-23/h5-6,8-17,20H,4,7,18H2,1-3H3,(H,29,30)/t20-/m1/s1. The highest BCUT2D eigenvalue weighted by molar-refractivity contribution is 8.00. The number of carbonyl (C=O) groups excluding carboxylic acids is 3. The van der Waals surface area contributed by atoms with E-state index in [4.69, 9.17) is 4.74 Å². The number of rotatable bonds is 10. The van der Waals surface area contributed by atoms with Crippen molar-refractivity contribution in [1.82, 2.24) is 0 Å². The van der Waals surface area contributed by atoms with Crippen molar-refractivity contribution < 1.29 is 19.1 Å². The number of ketones is 1. The molecule has 3 aromatic rings. The lowest BCUT2D eigenvalue weighted by Crippen LogP contribution is -2.24. The minimum absolute atomic E-state index is 0.136. The topological polar surface area (TPSA) is 72.5 Å². The Bertz CT molecular complexity index is 1140. The van der Waals surface area contributed by atoms with Crippen LogP contribution in [-0.4, -0.2) is 29.5 Å². The van der Waals surface area contributed by atoms with Crippen LogP contribution in [0.15, 0.2) is 77.7 Å². The molecule has 0 saturated heterocycles. The van der Waals surface area contributed by atoms with Crippen molar-refractivity contribution in [2.75, 3.05) is 11.1 Å². The summed E-state index contributed by atoms with van der Waals surface area (Å²) in [5.41, 5.74) is 3.84. The van der Waals surface area contributed by atoms with Crippen LogP contribution in [-0.2, 0) is 16.0 Å². The van der Waals surface area contributed by atoms with Crippen LogP contribution >= 0.6 is 11.8 Å². The smallest absolute Gasteiger partial charge is 0.339 e. The Kier molecular flexibility index (Phi) is 9.05. The van der Waals surface area contributed by atoms with Gasteiger partial charge in [0.15, 0.2) is 6.10 Å². The van der Waals surface area contributed by atoms with E-state index in [2.05, 4.69) is 12.2 Å². The van der Waals surface area contributed by atoms with Gasteiger partial charge in [0.05, 0.1) is 11.3 Å². The SMILES string of the molecule is CCCc1ccc(C(=O)[C@@H](C)OC(=O)c2ccccc2SCC(=O)Nc2ccc(C)cc2)cc1. The van der Waals surface area contributed by atoms with Gasteiger partial charge in [0.2, 0.25) is 11.7 Å². The number of amides is 1. The van der Waals surface area contributed by atoms with Crippen molar-refractivity contribution >= 4 is 35.1 Å². The van der Waals surface area contributed by atoms with Gasteiger partial charge in [-0.05, 0) is 50.1 Å². The van der Waals surface area contributed by atoms with Crippen LogP contribution in [0.4, 0.5) is 5.69 Å². The van der Waals surface area contributed by atoms with Gasteiger partial charge in [0.1, 0.15) is 0 Å².